The highest BCUT2D eigenvalue weighted by Crippen LogP contribution is 2.45. The van der Waals surface area contributed by atoms with Gasteiger partial charge in [0.2, 0.25) is 0 Å². The lowest BCUT2D eigenvalue weighted by Gasteiger charge is -2.36. The number of carbonyl (C=O) groups excluding carboxylic acids is 1. The van der Waals surface area contributed by atoms with Gasteiger partial charge in [0.25, 0.3) is 5.91 Å². The van der Waals surface area contributed by atoms with E-state index in [0.717, 1.165) is 18.2 Å². The molecule has 2 aromatic heterocycles. The number of fused-ring (bicyclic) bond motifs is 6. The van der Waals surface area contributed by atoms with Crippen molar-refractivity contribution in [1.82, 2.24) is 19.3 Å². The van der Waals surface area contributed by atoms with Gasteiger partial charge in [0.15, 0.2) is 11.6 Å². The lowest BCUT2D eigenvalue weighted by atomic mass is 9.93. The van der Waals surface area contributed by atoms with Crippen molar-refractivity contribution in [2.24, 2.45) is 0 Å². The van der Waals surface area contributed by atoms with Gasteiger partial charge >= 0.3 is 0 Å². The van der Waals surface area contributed by atoms with E-state index in [1.165, 1.54) is 23.5 Å². The van der Waals surface area contributed by atoms with Gasteiger partial charge in [-0.2, -0.15) is 0 Å². The van der Waals surface area contributed by atoms with E-state index in [1.54, 1.807) is 4.40 Å². The summed E-state index contributed by atoms with van der Waals surface area (Å²) in [6.07, 6.45) is 3.82. The number of aromatic nitrogens is 3. The molecule has 2 aliphatic heterocycles. The summed E-state index contributed by atoms with van der Waals surface area (Å²) in [4.78, 5) is 23.2. The van der Waals surface area contributed by atoms with Gasteiger partial charge in [-0.15, -0.1) is 0 Å². The Morgan fingerprint density at radius 2 is 1.91 bits per heavy atom. The molecule has 0 bridgehead atoms. The van der Waals surface area contributed by atoms with E-state index in [4.69, 9.17) is 10.5 Å². The van der Waals surface area contributed by atoms with Crippen LogP contribution in [-0.2, 0) is 0 Å². The molecule has 10 heteroatoms. The number of ether oxygens (including phenoxy) is 1. The summed E-state index contributed by atoms with van der Waals surface area (Å²) in [5.74, 6) is -2.95. The highest BCUT2D eigenvalue weighted by atomic mass is 19.2. The first-order valence-corrected chi connectivity index (χ1v) is 10.1. The molecule has 4 heterocycles. The molecule has 1 amide bonds. The van der Waals surface area contributed by atoms with Crippen LogP contribution >= 0.6 is 0 Å². The number of piperidine rings is 1. The third kappa shape index (κ3) is 2.58. The topological polar surface area (TPSA) is 85.8 Å². The van der Waals surface area contributed by atoms with Crippen molar-refractivity contribution in [3.8, 4) is 5.75 Å². The lowest BCUT2D eigenvalue weighted by Crippen LogP contribution is -2.44. The molecule has 0 unspecified atom stereocenters. The molecule has 0 radical (unpaired) electrons. The zero-order valence-electron chi connectivity index (χ0n) is 16.6. The summed E-state index contributed by atoms with van der Waals surface area (Å²) in [5, 5.41) is 0. The molecular formula is C22H16F3N5O2. The fourth-order valence-corrected chi connectivity index (χ4v) is 4.74. The normalized spacial score (nSPS) is 19.8. The Kier molecular flexibility index (Phi) is 3.89. The predicted molar refractivity (Wildman–Crippen MR) is 109 cm³/mol. The number of rotatable bonds is 1. The van der Waals surface area contributed by atoms with Crippen molar-refractivity contribution in [2.75, 3.05) is 12.3 Å². The largest absolute Gasteiger partial charge is 0.487 e. The van der Waals surface area contributed by atoms with Crippen LogP contribution in [0.1, 0.15) is 34.8 Å². The quantitative estimate of drug-likeness (QED) is 0.490. The predicted octanol–water partition coefficient (Wildman–Crippen LogP) is 3.62. The zero-order chi connectivity index (χ0) is 22.1. The maximum absolute atomic E-state index is 15.0. The molecule has 2 N–H and O–H groups in total. The van der Waals surface area contributed by atoms with Gasteiger partial charge < -0.3 is 15.4 Å². The van der Waals surface area contributed by atoms with Crippen LogP contribution in [0.2, 0.25) is 0 Å². The first kappa shape index (κ1) is 18.9. The second-order valence-corrected chi connectivity index (χ2v) is 8.01. The Balaban J connectivity index is 1.47. The summed E-state index contributed by atoms with van der Waals surface area (Å²) < 4.78 is 50.1. The average molecular weight is 439 g/mol. The smallest absolute Gasteiger partial charge is 0.257 e. The van der Waals surface area contributed by atoms with Gasteiger partial charge in [-0.3, -0.25) is 9.20 Å². The first-order chi connectivity index (χ1) is 15.4. The number of carbonyl (C=O) groups is 1. The average Bonchev–Trinajstić information content (AvgIpc) is 3.39. The summed E-state index contributed by atoms with van der Waals surface area (Å²) in [6.45, 7) is 0.333. The number of hydrogen-bond donors (Lipinski definition) is 1. The van der Waals surface area contributed by atoms with Gasteiger partial charge in [-0.25, -0.2) is 23.1 Å². The summed E-state index contributed by atoms with van der Waals surface area (Å²) >= 11 is 0. The van der Waals surface area contributed by atoms with E-state index >= 15 is 4.39 Å². The van der Waals surface area contributed by atoms with Crippen molar-refractivity contribution >= 4 is 28.3 Å². The number of imidazole rings is 1. The highest BCUT2D eigenvalue weighted by Gasteiger charge is 2.44. The summed E-state index contributed by atoms with van der Waals surface area (Å²) in [5.41, 5.74) is 7.44. The second kappa shape index (κ2) is 6.59. The number of likely N-dealkylation sites (tertiary alicyclic amines) is 1. The number of benzene rings is 2. The van der Waals surface area contributed by atoms with E-state index in [1.807, 2.05) is 0 Å². The van der Waals surface area contributed by atoms with E-state index < -0.39 is 35.5 Å². The molecule has 7 nitrogen and oxygen atoms in total. The van der Waals surface area contributed by atoms with Crippen molar-refractivity contribution in [2.45, 2.75) is 25.0 Å². The standard InChI is InChI=1S/C22H16F3N5O2/c23-12-6-15-16(30-9-27-8-17(30)21(26)28-15)5-10(12)22(31)29-3-1-2-18-20(29)11-4-13(24)14(25)7-19(11)32-18/h4-9,18,20H,1-3H2,(H2,26,28)/t18-,20-/m0/s1. The minimum absolute atomic E-state index is 0.157. The van der Waals surface area contributed by atoms with Crippen molar-refractivity contribution in [3.05, 3.63) is 65.4 Å². The monoisotopic (exact) mass is 439 g/mol. The molecule has 32 heavy (non-hydrogen) atoms. The zero-order valence-corrected chi connectivity index (χ0v) is 16.6. The van der Waals surface area contributed by atoms with Crippen LogP contribution in [0.4, 0.5) is 19.0 Å². The van der Waals surface area contributed by atoms with Gasteiger partial charge in [-0.1, -0.05) is 0 Å². The minimum atomic E-state index is -1.02. The summed E-state index contributed by atoms with van der Waals surface area (Å²) in [6, 6.07) is 4.00. The number of nitrogens with two attached hydrogens (primary N) is 1. The molecule has 0 aliphatic carbocycles. The van der Waals surface area contributed by atoms with Crippen molar-refractivity contribution in [1.29, 1.82) is 0 Å². The third-order valence-corrected chi connectivity index (χ3v) is 6.18. The number of hydrogen-bond acceptors (Lipinski definition) is 5. The molecule has 2 aliphatic rings. The molecule has 2 atom stereocenters. The van der Waals surface area contributed by atoms with Crippen LogP contribution in [0, 0.1) is 17.5 Å². The van der Waals surface area contributed by atoms with Crippen molar-refractivity contribution in [3.63, 3.8) is 0 Å². The molecule has 2 aromatic carbocycles. The first-order valence-electron chi connectivity index (χ1n) is 10.1. The number of amides is 1. The third-order valence-electron chi connectivity index (χ3n) is 6.18. The van der Waals surface area contributed by atoms with E-state index in [9.17, 15) is 13.6 Å². The Labute approximate surface area is 179 Å². The molecule has 1 fully saturated rings. The van der Waals surface area contributed by atoms with Crippen molar-refractivity contribution < 1.29 is 22.7 Å². The van der Waals surface area contributed by atoms with Gasteiger partial charge in [0, 0.05) is 24.2 Å². The van der Waals surface area contributed by atoms with Crippen LogP contribution < -0.4 is 10.5 Å². The van der Waals surface area contributed by atoms with Gasteiger partial charge in [0.05, 0.1) is 35.2 Å². The summed E-state index contributed by atoms with van der Waals surface area (Å²) in [7, 11) is 0. The fraction of sp³-hybridized carbons (Fsp3) is 0.227. The lowest BCUT2D eigenvalue weighted by molar-refractivity contribution is 0.0361. The maximum Gasteiger partial charge on any atom is 0.257 e. The fourth-order valence-electron chi connectivity index (χ4n) is 4.74. The van der Waals surface area contributed by atoms with Crippen LogP contribution in [0.25, 0.3) is 16.6 Å². The maximum atomic E-state index is 15.0. The Morgan fingerprint density at radius 1 is 1.09 bits per heavy atom. The Hall–Kier alpha value is -3.82. The van der Waals surface area contributed by atoms with Crippen LogP contribution in [-0.4, -0.2) is 37.8 Å². The van der Waals surface area contributed by atoms with Crippen LogP contribution in [0.15, 0.2) is 36.8 Å². The molecular weight excluding hydrogens is 423 g/mol. The SMILES string of the molecule is Nc1nc2cc(F)c(C(=O)N3CCC[C@@H]4Oc5cc(F)c(F)cc5[C@@H]43)cc2n2cncc12. The number of anilines is 1. The van der Waals surface area contributed by atoms with Crippen LogP contribution in [0.5, 0.6) is 5.75 Å². The molecule has 1 saturated heterocycles. The Bertz CT molecular complexity index is 1440. The minimum Gasteiger partial charge on any atom is -0.487 e. The number of halogens is 3. The van der Waals surface area contributed by atoms with E-state index in [0.29, 0.717) is 36.0 Å². The highest BCUT2D eigenvalue weighted by molar-refractivity contribution is 5.99. The number of nitrogen functional groups attached to an aromatic ring is 1. The molecule has 0 spiro atoms. The molecule has 6 rings (SSSR count). The van der Waals surface area contributed by atoms with Gasteiger partial charge in [0.1, 0.15) is 29.0 Å². The van der Waals surface area contributed by atoms with E-state index in [2.05, 4.69) is 9.97 Å². The van der Waals surface area contributed by atoms with Crippen LogP contribution in [0.3, 0.4) is 0 Å². The van der Waals surface area contributed by atoms with E-state index in [-0.39, 0.29) is 22.6 Å². The molecule has 4 aromatic rings. The van der Waals surface area contributed by atoms with Gasteiger partial charge in [-0.05, 0) is 25.0 Å². The molecule has 162 valence electrons. The molecule has 0 saturated carbocycles. The second-order valence-electron chi connectivity index (χ2n) is 8.01. The Morgan fingerprint density at radius 3 is 2.75 bits per heavy atom. The number of nitrogens with zero attached hydrogens (tertiary/aromatic N) is 4.